The number of nitrogens with zero attached hydrogens (tertiary/aromatic N) is 2. The van der Waals surface area contributed by atoms with E-state index in [0.29, 0.717) is 5.95 Å². The van der Waals surface area contributed by atoms with Crippen molar-refractivity contribution in [2.45, 2.75) is 26.2 Å². The minimum atomic E-state index is 0.322. The second-order valence-corrected chi connectivity index (χ2v) is 6.08. The van der Waals surface area contributed by atoms with Crippen molar-refractivity contribution in [1.29, 1.82) is 0 Å². The number of rotatable bonds is 6. The van der Waals surface area contributed by atoms with Gasteiger partial charge in [0.05, 0.1) is 0 Å². The van der Waals surface area contributed by atoms with Gasteiger partial charge in [0.25, 0.3) is 0 Å². The highest BCUT2D eigenvalue weighted by Gasteiger charge is 2.13. The highest BCUT2D eigenvalue weighted by Crippen LogP contribution is 2.23. The van der Waals surface area contributed by atoms with Crippen molar-refractivity contribution in [2.24, 2.45) is 5.92 Å². The van der Waals surface area contributed by atoms with E-state index in [1.54, 1.807) is 0 Å². The first-order valence-electron chi connectivity index (χ1n) is 6.98. The summed E-state index contributed by atoms with van der Waals surface area (Å²) in [5.41, 5.74) is 5.73. The molecule has 1 aliphatic heterocycles. The minimum absolute atomic E-state index is 0.322. The molecule has 0 aromatic carbocycles. The molecule has 0 amide bonds. The molecule has 19 heavy (non-hydrogen) atoms. The molecule has 2 heterocycles. The molecule has 0 unspecified atom stereocenters. The fourth-order valence-electron chi connectivity index (χ4n) is 2.10. The molecular formula is C13H23N5S. The number of nitrogens with two attached hydrogens (primary N) is 1. The Morgan fingerprint density at radius 1 is 1.26 bits per heavy atom. The van der Waals surface area contributed by atoms with Crippen LogP contribution >= 0.6 is 11.8 Å². The monoisotopic (exact) mass is 281 g/mol. The molecule has 106 valence electrons. The number of hydrogen-bond acceptors (Lipinski definition) is 6. The van der Waals surface area contributed by atoms with Crippen LogP contribution in [-0.4, -0.2) is 34.6 Å². The van der Waals surface area contributed by atoms with Crippen molar-refractivity contribution in [3.63, 3.8) is 0 Å². The van der Waals surface area contributed by atoms with Crippen molar-refractivity contribution in [3.8, 4) is 0 Å². The third-order valence-corrected chi connectivity index (χ3v) is 4.26. The molecule has 0 saturated carbocycles. The summed E-state index contributed by atoms with van der Waals surface area (Å²) in [5, 5.41) is 6.63. The second-order valence-electron chi connectivity index (χ2n) is 4.86. The molecule has 4 N–H and O–H groups in total. The van der Waals surface area contributed by atoms with Gasteiger partial charge < -0.3 is 16.4 Å². The van der Waals surface area contributed by atoms with Crippen molar-refractivity contribution < 1.29 is 0 Å². The molecule has 1 aromatic rings. The molecule has 0 bridgehead atoms. The van der Waals surface area contributed by atoms with Gasteiger partial charge in [0.2, 0.25) is 5.95 Å². The zero-order valence-corrected chi connectivity index (χ0v) is 12.3. The number of nitrogens with one attached hydrogen (secondary N) is 2. The lowest BCUT2D eigenvalue weighted by molar-refractivity contribution is 0.515. The van der Waals surface area contributed by atoms with Crippen molar-refractivity contribution >= 4 is 29.3 Å². The van der Waals surface area contributed by atoms with E-state index in [4.69, 9.17) is 5.73 Å². The van der Waals surface area contributed by atoms with Gasteiger partial charge in [0.15, 0.2) is 0 Å². The second kappa shape index (κ2) is 7.43. The Kier molecular flexibility index (Phi) is 5.57. The predicted octanol–water partition coefficient (Wildman–Crippen LogP) is 2.44. The average molecular weight is 281 g/mol. The molecule has 1 aliphatic rings. The highest BCUT2D eigenvalue weighted by molar-refractivity contribution is 7.99. The lowest BCUT2D eigenvalue weighted by atomic mass is 10.0. The lowest BCUT2D eigenvalue weighted by Gasteiger charge is -2.21. The molecule has 0 spiro atoms. The molecular weight excluding hydrogens is 258 g/mol. The number of hydrogen-bond donors (Lipinski definition) is 3. The fourth-order valence-corrected chi connectivity index (χ4v) is 3.30. The zero-order chi connectivity index (χ0) is 13.5. The van der Waals surface area contributed by atoms with E-state index in [2.05, 4.69) is 39.3 Å². The quantitative estimate of drug-likeness (QED) is 0.743. The molecule has 1 fully saturated rings. The van der Waals surface area contributed by atoms with Crippen LogP contribution in [0.5, 0.6) is 0 Å². The summed E-state index contributed by atoms with van der Waals surface area (Å²) in [6.07, 6.45) is 3.64. The van der Waals surface area contributed by atoms with Gasteiger partial charge in [-0.15, -0.1) is 0 Å². The zero-order valence-electron chi connectivity index (χ0n) is 11.5. The molecule has 2 rings (SSSR count). The molecule has 0 atom stereocenters. The van der Waals surface area contributed by atoms with Crippen LogP contribution in [0.1, 0.15) is 26.2 Å². The standard InChI is InChI=1S/C13H23N5S/c1-2-5-15-11-8-12(18-13(14)17-11)16-9-10-3-6-19-7-4-10/h8,10H,2-7,9H2,1H3,(H4,14,15,16,17,18). The van der Waals surface area contributed by atoms with Gasteiger partial charge in [0, 0.05) is 19.2 Å². The third kappa shape index (κ3) is 4.78. The van der Waals surface area contributed by atoms with Crippen molar-refractivity contribution in [3.05, 3.63) is 6.07 Å². The summed E-state index contributed by atoms with van der Waals surface area (Å²) in [6.45, 7) is 4.00. The van der Waals surface area contributed by atoms with Crippen LogP contribution in [-0.2, 0) is 0 Å². The maximum Gasteiger partial charge on any atom is 0.223 e. The molecule has 1 saturated heterocycles. The van der Waals surface area contributed by atoms with E-state index in [0.717, 1.165) is 37.1 Å². The first-order valence-corrected chi connectivity index (χ1v) is 8.13. The summed E-state index contributed by atoms with van der Waals surface area (Å²) < 4.78 is 0. The largest absolute Gasteiger partial charge is 0.370 e. The molecule has 0 aliphatic carbocycles. The number of anilines is 3. The summed E-state index contributed by atoms with van der Waals surface area (Å²) in [6, 6.07) is 1.93. The Balaban J connectivity index is 1.89. The van der Waals surface area contributed by atoms with Crippen LogP contribution in [0.3, 0.4) is 0 Å². The lowest BCUT2D eigenvalue weighted by Crippen LogP contribution is -2.20. The van der Waals surface area contributed by atoms with Crippen LogP contribution in [0, 0.1) is 5.92 Å². The van der Waals surface area contributed by atoms with E-state index in [-0.39, 0.29) is 0 Å². The van der Waals surface area contributed by atoms with Crippen LogP contribution in [0.4, 0.5) is 17.6 Å². The van der Waals surface area contributed by atoms with Crippen LogP contribution < -0.4 is 16.4 Å². The summed E-state index contributed by atoms with van der Waals surface area (Å²) in [7, 11) is 0. The van der Waals surface area contributed by atoms with Gasteiger partial charge in [0.1, 0.15) is 11.6 Å². The van der Waals surface area contributed by atoms with Gasteiger partial charge in [-0.2, -0.15) is 21.7 Å². The number of nitrogen functional groups attached to an aromatic ring is 1. The first-order chi connectivity index (χ1) is 9.28. The third-order valence-electron chi connectivity index (χ3n) is 3.21. The topological polar surface area (TPSA) is 75.9 Å². The average Bonchev–Trinajstić information content (AvgIpc) is 2.43. The molecule has 6 heteroatoms. The smallest absolute Gasteiger partial charge is 0.223 e. The van der Waals surface area contributed by atoms with Gasteiger partial charge >= 0.3 is 0 Å². The Labute approximate surface area is 119 Å². The van der Waals surface area contributed by atoms with Crippen molar-refractivity contribution in [2.75, 3.05) is 41.0 Å². The Bertz CT molecular complexity index is 393. The molecule has 5 nitrogen and oxygen atoms in total. The van der Waals surface area contributed by atoms with Gasteiger partial charge in [-0.3, -0.25) is 0 Å². The van der Waals surface area contributed by atoms with Crippen molar-refractivity contribution in [1.82, 2.24) is 9.97 Å². The van der Waals surface area contributed by atoms with Crippen LogP contribution in [0.25, 0.3) is 0 Å². The molecule has 0 radical (unpaired) electrons. The van der Waals surface area contributed by atoms with E-state index in [1.807, 2.05) is 6.07 Å². The molecule has 1 aromatic heterocycles. The van der Waals surface area contributed by atoms with E-state index in [9.17, 15) is 0 Å². The maximum absolute atomic E-state index is 5.73. The van der Waals surface area contributed by atoms with E-state index in [1.165, 1.54) is 24.3 Å². The number of aromatic nitrogens is 2. The normalized spacial score (nSPS) is 16.3. The maximum atomic E-state index is 5.73. The SMILES string of the molecule is CCCNc1cc(NCC2CCSCC2)nc(N)n1. The Morgan fingerprint density at radius 3 is 2.63 bits per heavy atom. The Morgan fingerprint density at radius 2 is 1.95 bits per heavy atom. The summed E-state index contributed by atoms with van der Waals surface area (Å²) in [5.74, 6) is 5.26. The number of thioether (sulfide) groups is 1. The summed E-state index contributed by atoms with van der Waals surface area (Å²) >= 11 is 2.05. The Hall–Kier alpha value is -1.17. The minimum Gasteiger partial charge on any atom is -0.370 e. The van der Waals surface area contributed by atoms with Gasteiger partial charge in [-0.05, 0) is 36.7 Å². The summed E-state index contributed by atoms with van der Waals surface area (Å²) in [4.78, 5) is 8.42. The van der Waals surface area contributed by atoms with Gasteiger partial charge in [-0.25, -0.2) is 0 Å². The first kappa shape index (κ1) is 14.2. The van der Waals surface area contributed by atoms with Crippen LogP contribution in [0.2, 0.25) is 0 Å². The highest BCUT2D eigenvalue weighted by atomic mass is 32.2. The van der Waals surface area contributed by atoms with Gasteiger partial charge in [-0.1, -0.05) is 6.92 Å². The van der Waals surface area contributed by atoms with Crippen LogP contribution in [0.15, 0.2) is 6.07 Å². The fraction of sp³-hybridized carbons (Fsp3) is 0.692. The van der Waals surface area contributed by atoms with E-state index < -0.39 is 0 Å². The predicted molar refractivity (Wildman–Crippen MR) is 83.8 cm³/mol. The van der Waals surface area contributed by atoms with E-state index >= 15 is 0 Å².